The second kappa shape index (κ2) is 8.17. The number of methoxy groups -OCH3 is 1. The van der Waals surface area contributed by atoms with Crippen LogP contribution in [-0.4, -0.2) is 46.5 Å². The fourth-order valence-electron chi connectivity index (χ4n) is 3.44. The minimum atomic E-state index is -3.54. The van der Waals surface area contributed by atoms with Crippen LogP contribution in [0.5, 0.6) is 5.75 Å². The van der Waals surface area contributed by atoms with Gasteiger partial charge in [-0.1, -0.05) is 41.0 Å². The fraction of sp³-hybridized carbons (Fsp3) is 0.474. The van der Waals surface area contributed by atoms with Crippen molar-refractivity contribution in [2.45, 2.75) is 24.2 Å². The molecule has 7 heteroatoms. The summed E-state index contributed by atoms with van der Waals surface area (Å²) in [6.07, 6.45) is 4.26. The number of hydrogen-bond acceptors (Lipinski definition) is 5. The van der Waals surface area contributed by atoms with Crippen molar-refractivity contribution in [2.75, 3.05) is 38.1 Å². The standard InChI is InChI=1S/C19H26O5S2/c1-22-12-13-23-18-10-11-19(17-9-5-4-8-16(17)18)26(24-25(2,20)21)14-6-3-7-15-26/h4-5,8-11H,3,6-7,12-15H2,1-2H3. The molecule has 26 heavy (non-hydrogen) atoms. The van der Waals surface area contributed by atoms with Gasteiger partial charge in [0.05, 0.1) is 12.9 Å². The van der Waals surface area contributed by atoms with E-state index in [1.54, 1.807) is 7.11 Å². The Morgan fingerprint density at radius 3 is 2.31 bits per heavy atom. The van der Waals surface area contributed by atoms with Crippen molar-refractivity contribution in [3.63, 3.8) is 0 Å². The average molecular weight is 399 g/mol. The molecule has 0 saturated carbocycles. The summed E-state index contributed by atoms with van der Waals surface area (Å²) in [5.41, 5.74) is 0. The smallest absolute Gasteiger partial charge is 0.273 e. The molecule has 0 radical (unpaired) electrons. The highest BCUT2D eigenvalue weighted by Crippen LogP contribution is 2.63. The molecular formula is C19H26O5S2. The summed E-state index contributed by atoms with van der Waals surface area (Å²) in [6, 6.07) is 11.9. The molecule has 1 aliphatic rings. The minimum Gasteiger partial charge on any atom is -0.491 e. The molecule has 0 amide bonds. The van der Waals surface area contributed by atoms with Gasteiger partial charge in [-0.3, -0.25) is 0 Å². The van der Waals surface area contributed by atoms with Crippen molar-refractivity contribution in [1.29, 1.82) is 0 Å². The number of ether oxygens (including phenoxy) is 2. The van der Waals surface area contributed by atoms with Gasteiger partial charge >= 0.3 is 0 Å². The van der Waals surface area contributed by atoms with Crippen LogP contribution >= 0.6 is 10.3 Å². The maximum absolute atomic E-state index is 12.0. The number of benzene rings is 2. The molecule has 144 valence electrons. The minimum absolute atomic E-state index is 0.470. The van der Waals surface area contributed by atoms with E-state index in [1.807, 2.05) is 36.4 Å². The van der Waals surface area contributed by atoms with Crippen LogP contribution < -0.4 is 4.74 Å². The molecule has 5 nitrogen and oxygen atoms in total. The molecule has 0 atom stereocenters. The van der Waals surface area contributed by atoms with Crippen molar-refractivity contribution in [3.05, 3.63) is 36.4 Å². The van der Waals surface area contributed by atoms with Crippen molar-refractivity contribution in [2.24, 2.45) is 0 Å². The van der Waals surface area contributed by atoms with E-state index in [9.17, 15) is 8.42 Å². The Labute approximate surface area is 157 Å². The molecule has 1 aliphatic heterocycles. The van der Waals surface area contributed by atoms with Crippen molar-refractivity contribution < 1.29 is 21.5 Å². The lowest BCUT2D eigenvalue weighted by molar-refractivity contribution is 0.147. The first kappa shape index (κ1) is 19.5. The molecule has 3 rings (SSSR count). The molecule has 0 bridgehead atoms. The molecule has 2 aromatic rings. The Morgan fingerprint density at radius 2 is 1.65 bits per heavy atom. The Morgan fingerprint density at radius 1 is 0.962 bits per heavy atom. The summed E-state index contributed by atoms with van der Waals surface area (Å²) >= 11 is 0. The topological polar surface area (TPSA) is 61.8 Å². The van der Waals surface area contributed by atoms with Crippen LogP contribution in [0.1, 0.15) is 19.3 Å². The highest BCUT2D eigenvalue weighted by atomic mass is 32.3. The summed E-state index contributed by atoms with van der Waals surface area (Å²) < 4.78 is 40.7. The molecule has 1 saturated heterocycles. The first-order valence-electron chi connectivity index (χ1n) is 8.78. The number of fused-ring (bicyclic) bond motifs is 1. The summed E-state index contributed by atoms with van der Waals surface area (Å²) in [7, 11) is -3.77. The SMILES string of the molecule is COCCOc1ccc(S2(OS(C)(=O)=O)CCCCC2)c2ccccc12. The summed E-state index contributed by atoms with van der Waals surface area (Å²) in [4.78, 5) is 1.01. The van der Waals surface area contributed by atoms with Gasteiger partial charge in [-0.15, -0.1) is 0 Å². The maximum atomic E-state index is 12.0. The summed E-state index contributed by atoms with van der Waals surface area (Å²) in [5, 5.41) is 2.00. The van der Waals surface area contributed by atoms with Gasteiger partial charge in [0.2, 0.25) is 0 Å². The second-order valence-corrected chi connectivity index (χ2v) is 11.3. The van der Waals surface area contributed by atoms with Gasteiger partial charge in [0, 0.05) is 28.9 Å². The molecule has 2 aromatic carbocycles. The number of rotatable bonds is 7. The summed E-state index contributed by atoms with van der Waals surface area (Å²) in [6.45, 7) is 0.986. The van der Waals surface area contributed by atoms with Crippen LogP contribution in [0.2, 0.25) is 0 Å². The van der Waals surface area contributed by atoms with Crippen LogP contribution in [0, 0.1) is 0 Å². The molecular weight excluding hydrogens is 372 g/mol. The van der Waals surface area contributed by atoms with Gasteiger partial charge in [-0.05, 0) is 30.4 Å². The van der Waals surface area contributed by atoms with Crippen LogP contribution in [0.25, 0.3) is 10.8 Å². The second-order valence-electron chi connectivity index (χ2n) is 6.50. The van der Waals surface area contributed by atoms with Gasteiger partial charge in [-0.25, -0.2) is 3.63 Å². The number of hydrogen-bond donors (Lipinski definition) is 0. The van der Waals surface area contributed by atoms with E-state index in [4.69, 9.17) is 13.1 Å². The quantitative estimate of drug-likeness (QED) is 0.657. The van der Waals surface area contributed by atoms with Gasteiger partial charge in [0.25, 0.3) is 10.1 Å². The average Bonchev–Trinajstić information content (AvgIpc) is 2.61. The lowest BCUT2D eigenvalue weighted by atomic mass is 10.1. The third kappa shape index (κ3) is 4.34. The lowest BCUT2D eigenvalue weighted by Gasteiger charge is -2.42. The highest BCUT2D eigenvalue weighted by Gasteiger charge is 2.35. The first-order valence-corrected chi connectivity index (χ1v) is 12.5. The predicted octanol–water partition coefficient (Wildman–Crippen LogP) is 4.10. The molecule has 0 N–H and O–H groups in total. The van der Waals surface area contributed by atoms with Crippen molar-refractivity contribution in [3.8, 4) is 5.75 Å². The Balaban J connectivity index is 2.09. The zero-order valence-corrected chi connectivity index (χ0v) is 16.9. The molecule has 0 aromatic heterocycles. The molecule has 0 spiro atoms. The Kier molecular flexibility index (Phi) is 6.12. The predicted molar refractivity (Wildman–Crippen MR) is 107 cm³/mol. The van der Waals surface area contributed by atoms with Gasteiger partial charge in [0.15, 0.2) is 0 Å². The zero-order chi connectivity index (χ0) is 18.6. The largest absolute Gasteiger partial charge is 0.491 e. The summed E-state index contributed by atoms with van der Waals surface area (Å²) in [5.74, 6) is 2.35. The zero-order valence-electron chi connectivity index (χ0n) is 15.3. The van der Waals surface area contributed by atoms with Gasteiger partial charge in [0.1, 0.15) is 12.4 Å². The van der Waals surface area contributed by atoms with E-state index in [2.05, 4.69) is 0 Å². The van der Waals surface area contributed by atoms with E-state index in [1.165, 1.54) is 0 Å². The lowest BCUT2D eigenvalue weighted by Crippen LogP contribution is -2.21. The molecule has 1 fully saturated rings. The van der Waals surface area contributed by atoms with Crippen LogP contribution in [0.4, 0.5) is 0 Å². The Hall–Kier alpha value is -1.28. The van der Waals surface area contributed by atoms with E-state index in [0.717, 1.165) is 58.4 Å². The van der Waals surface area contributed by atoms with E-state index >= 15 is 0 Å². The first-order chi connectivity index (χ1) is 12.5. The van der Waals surface area contributed by atoms with E-state index < -0.39 is 20.4 Å². The van der Waals surface area contributed by atoms with Gasteiger partial charge in [-0.2, -0.15) is 8.42 Å². The van der Waals surface area contributed by atoms with Crippen LogP contribution in [-0.2, 0) is 18.5 Å². The van der Waals surface area contributed by atoms with E-state index in [-0.39, 0.29) is 0 Å². The third-order valence-corrected chi connectivity index (χ3v) is 9.58. The van der Waals surface area contributed by atoms with Gasteiger partial charge < -0.3 is 9.47 Å². The molecule has 0 aliphatic carbocycles. The molecule has 1 heterocycles. The Bertz CT molecular complexity index is 857. The highest BCUT2D eigenvalue weighted by molar-refractivity contribution is 8.33. The molecule has 0 unspecified atom stereocenters. The maximum Gasteiger partial charge on any atom is 0.273 e. The van der Waals surface area contributed by atoms with Crippen LogP contribution in [0.3, 0.4) is 0 Å². The van der Waals surface area contributed by atoms with Crippen molar-refractivity contribution >= 4 is 31.2 Å². The third-order valence-electron chi connectivity index (χ3n) is 4.49. The van der Waals surface area contributed by atoms with Crippen LogP contribution in [0.15, 0.2) is 41.3 Å². The fourth-order valence-corrected chi connectivity index (χ4v) is 9.05. The normalized spacial score (nSPS) is 18.5. The van der Waals surface area contributed by atoms with E-state index in [0.29, 0.717) is 13.2 Å². The monoisotopic (exact) mass is 398 g/mol. The van der Waals surface area contributed by atoms with Crippen molar-refractivity contribution in [1.82, 2.24) is 0 Å².